The van der Waals surface area contributed by atoms with E-state index in [0.717, 1.165) is 23.3 Å². The van der Waals surface area contributed by atoms with Gasteiger partial charge < -0.3 is 9.38 Å². The van der Waals surface area contributed by atoms with Gasteiger partial charge in [-0.3, -0.25) is 9.36 Å². The predicted molar refractivity (Wildman–Crippen MR) is 130 cm³/mol. The van der Waals surface area contributed by atoms with E-state index >= 15 is 0 Å². The Kier molecular flexibility index (Phi) is 6.09. The van der Waals surface area contributed by atoms with Crippen molar-refractivity contribution in [3.63, 3.8) is 0 Å². The lowest BCUT2D eigenvalue weighted by Crippen LogP contribution is -2.49. The number of aromatic nitrogens is 2. The minimum atomic E-state index is -0.0197. The van der Waals surface area contributed by atoms with Crippen LogP contribution in [0.3, 0.4) is 0 Å². The van der Waals surface area contributed by atoms with Gasteiger partial charge in [-0.15, -0.1) is 0 Å². The van der Waals surface area contributed by atoms with Crippen LogP contribution in [0.5, 0.6) is 0 Å². The van der Waals surface area contributed by atoms with Gasteiger partial charge in [-0.2, -0.15) is 0 Å². The second-order valence-electron chi connectivity index (χ2n) is 8.73. The summed E-state index contributed by atoms with van der Waals surface area (Å²) in [7, 11) is 4.15. The molecule has 6 rings (SSSR count). The molecule has 4 heterocycles. The van der Waals surface area contributed by atoms with E-state index in [0.29, 0.717) is 22.3 Å². The topological polar surface area (TPSA) is 38.1 Å². The molecule has 2 aromatic carbocycles. The SMILES string of the molecule is CC.Cn1c(-c2cccc(Cl)c2)nc2ccc(N3CC[N+]4(C)CCC3CC4)cc2c1=O. The highest BCUT2D eigenvalue weighted by molar-refractivity contribution is 6.30. The smallest absolute Gasteiger partial charge is 0.261 e. The summed E-state index contributed by atoms with van der Waals surface area (Å²) in [6.45, 7) is 8.71. The summed E-state index contributed by atoms with van der Waals surface area (Å²) in [4.78, 5) is 20.5. The van der Waals surface area contributed by atoms with E-state index in [4.69, 9.17) is 16.6 Å². The van der Waals surface area contributed by atoms with Gasteiger partial charge in [0.2, 0.25) is 0 Å². The highest BCUT2D eigenvalue weighted by Gasteiger charge is 2.37. The molecule has 0 radical (unpaired) electrons. The van der Waals surface area contributed by atoms with Crippen LogP contribution < -0.4 is 10.5 Å². The first-order chi connectivity index (χ1) is 14.9. The number of quaternary nitrogens is 1. The maximum absolute atomic E-state index is 13.2. The van der Waals surface area contributed by atoms with E-state index in [9.17, 15) is 4.79 Å². The number of anilines is 1. The fourth-order valence-corrected chi connectivity index (χ4v) is 5.10. The predicted octanol–water partition coefficient (Wildman–Crippen LogP) is 4.71. The summed E-state index contributed by atoms with van der Waals surface area (Å²) in [5, 5.41) is 1.31. The van der Waals surface area contributed by atoms with Crippen molar-refractivity contribution in [2.75, 3.05) is 38.1 Å². The Morgan fingerprint density at radius 2 is 1.81 bits per heavy atom. The first-order valence-corrected chi connectivity index (χ1v) is 11.7. The number of piperidine rings is 1. The molecule has 2 bridgehead atoms. The molecule has 0 spiro atoms. The zero-order chi connectivity index (χ0) is 22.2. The van der Waals surface area contributed by atoms with E-state index in [1.54, 1.807) is 11.6 Å². The monoisotopic (exact) mass is 439 g/mol. The van der Waals surface area contributed by atoms with E-state index in [-0.39, 0.29) is 5.56 Å². The summed E-state index contributed by atoms with van der Waals surface area (Å²) in [6, 6.07) is 14.2. The van der Waals surface area contributed by atoms with Crippen LogP contribution in [0.2, 0.25) is 5.02 Å². The Hall–Kier alpha value is -2.37. The van der Waals surface area contributed by atoms with Crippen LogP contribution in [-0.2, 0) is 7.05 Å². The molecule has 3 aliphatic heterocycles. The van der Waals surface area contributed by atoms with E-state index in [1.807, 2.05) is 50.2 Å². The summed E-state index contributed by atoms with van der Waals surface area (Å²) >= 11 is 6.14. The Morgan fingerprint density at radius 1 is 1.06 bits per heavy atom. The lowest BCUT2D eigenvalue weighted by atomic mass is 10.0. The van der Waals surface area contributed by atoms with E-state index in [1.165, 1.54) is 37.0 Å². The number of hydrogen-bond acceptors (Lipinski definition) is 3. The summed E-state index contributed by atoms with van der Waals surface area (Å²) in [5.74, 6) is 0.636. The van der Waals surface area contributed by atoms with Crippen molar-refractivity contribution in [2.24, 2.45) is 7.05 Å². The lowest BCUT2D eigenvalue weighted by molar-refractivity contribution is -0.910. The van der Waals surface area contributed by atoms with Crippen molar-refractivity contribution < 1.29 is 4.48 Å². The molecule has 0 N–H and O–H groups in total. The molecule has 0 aliphatic carbocycles. The Morgan fingerprint density at radius 3 is 2.52 bits per heavy atom. The summed E-state index contributed by atoms with van der Waals surface area (Å²) < 4.78 is 2.80. The van der Waals surface area contributed by atoms with Gasteiger partial charge in [-0.25, -0.2) is 4.98 Å². The number of benzene rings is 2. The van der Waals surface area contributed by atoms with Gasteiger partial charge >= 0.3 is 0 Å². The number of hydrogen-bond donors (Lipinski definition) is 0. The molecule has 0 atom stereocenters. The quantitative estimate of drug-likeness (QED) is 0.543. The Labute approximate surface area is 189 Å². The molecule has 5 nitrogen and oxygen atoms in total. The van der Waals surface area contributed by atoms with Crippen molar-refractivity contribution in [3.05, 3.63) is 57.8 Å². The first-order valence-electron chi connectivity index (χ1n) is 11.3. The molecule has 0 unspecified atom stereocenters. The largest absolute Gasteiger partial charge is 0.362 e. The first kappa shape index (κ1) is 21.8. The molecule has 0 amide bonds. The van der Waals surface area contributed by atoms with Crippen molar-refractivity contribution in [1.82, 2.24) is 9.55 Å². The van der Waals surface area contributed by atoms with Gasteiger partial charge in [0.15, 0.2) is 0 Å². The van der Waals surface area contributed by atoms with Crippen LogP contribution in [0.25, 0.3) is 22.3 Å². The fraction of sp³-hybridized carbons (Fsp3) is 0.440. The summed E-state index contributed by atoms with van der Waals surface area (Å²) in [5.41, 5.74) is 2.70. The zero-order valence-corrected chi connectivity index (χ0v) is 19.7. The van der Waals surface area contributed by atoms with Crippen molar-refractivity contribution in [1.29, 1.82) is 0 Å². The Balaban J connectivity index is 0.00000112. The van der Waals surface area contributed by atoms with Crippen LogP contribution in [0.1, 0.15) is 26.7 Å². The van der Waals surface area contributed by atoms with E-state index < -0.39 is 0 Å². The maximum Gasteiger partial charge on any atom is 0.261 e. The van der Waals surface area contributed by atoms with Gasteiger partial charge in [-0.05, 0) is 30.3 Å². The van der Waals surface area contributed by atoms with Gasteiger partial charge in [0.1, 0.15) is 5.82 Å². The number of fused-ring (bicyclic) bond motifs is 5. The molecule has 6 heteroatoms. The molecule has 164 valence electrons. The number of rotatable bonds is 2. The standard InChI is InChI=1S/C23H26ClN4O.C2H6/c1-26-22(16-4-3-5-17(24)14-16)25-21-7-6-19(15-20(21)23(26)29)27-10-13-28(2)11-8-18(27)9-12-28;1-2/h3-7,14-15,18H,8-13H2,1-2H3;1-2H3/q+1;. The summed E-state index contributed by atoms with van der Waals surface area (Å²) in [6.07, 6.45) is 2.44. The van der Waals surface area contributed by atoms with Crippen LogP contribution in [0, 0.1) is 0 Å². The molecule has 3 saturated heterocycles. The number of likely N-dealkylation sites (N-methyl/N-ethyl adjacent to an activating group) is 1. The van der Waals surface area contributed by atoms with Crippen LogP contribution in [-0.4, -0.2) is 53.3 Å². The second-order valence-corrected chi connectivity index (χ2v) is 9.16. The molecule has 0 saturated carbocycles. The molecule has 3 fully saturated rings. The third-order valence-electron chi connectivity index (χ3n) is 6.80. The highest BCUT2D eigenvalue weighted by atomic mass is 35.5. The van der Waals surface area contributed by atoms with Crippen LogP contribution in [0.15, 0.2) is 47.3 Å². The molecular formula is C25H32ClN4O+. The maximum atomic E-state index is 13.2. The minimum Gasteiger partial charge on any atom is -0.362 e. The number of nitrogens with zero attached hydrogens (tertiary/aromatic N) is 4. The molecule has 31 heavy (non-hydrogen) atoms. The third kappa shape index (κ3) is 4.09. The van der Waals surface area contributed by atoms with E-state index in [2.05, 4.69) is 18.0 Å². The van der Waals surface area contributed by atoms with Crippen LogP contribution >= 0.6 is 11.6 Å². The fourth-order valence-electron chi connectivity index (χ4n) is 4.91. The molecule has 1 aromatic heterocycles. The average Bonchev–Trinajstić information content (AvgIpc) is 3.06. The molecular weight excluding hydrogens is 408 g/mol. The second kappa shape index (κ2) is 8.64. The lowest BCUT2D eigenvalue weighted by Gasteiger charge is -2.37. The van der Waals surface area contributed by atoms with Gasteiger partial charge in [0.05, 0.1) is 44.1 Å². The third-order valence-corrected chi connectivity index (χ3v) is 7.03. The molecule has 3 aliphatic rings. The molecule has 3 aromatic rings. The van der Waals surface area contributed by atoms with Crippen molar-refractivity contribution in [2.45, 2.75) is 32.7 Å². The van der Waals surface area contributed by atoms with Crippen molar-refractivity contribution in [3.8, 4) is 11.4 Å². The zero-order valence-electron chi connectivity index (χ0n) is 18.9. The number of halogens is 1. The van der Waals surface area contributed by atoms with Gasteiger partial charge in [0, 0.05) is 42.2 Å². The minimum absolute atomic E-state index is 0.0197. The highest BCUT2D eigenvalue weighted by Crippen LogP contribution is 2.31. The van der Waals surface area contributed by atoms with Gasteiger partial charge in [-0.1, -0.05) is 37.6 Å². The Bertz CT molecular complexity index is 1150. The normalized spacial score (nSPS) is 22.7. The van der Waals surface area contributed by atoms with Crippen molar-refractivity contribution >= 4 is 28.2 Å². The van der Waals surface area contributed by atoms with Crippen LogP contribution in [0.4, 0.5) is 5.69 Å². The van der Waals surface area contributed by atoms with Gasteiger partial charge in [0.25, 0.3) is 5.56 Å². The average molecular weight is 440 g/mol.